The van der Waals surface area contributed by atoms with Crippen molar-refractivity contribution in [2.75, 3.05) is 12.5 Å². The lowest BCUT2D eigenvalue weighted by Crippen LogP contribution is -2.38. The minimum atomic E-state index is -3.66. The van der Waals surface area contributed by atoms with E-state index in [1.165, 1.54) is 11.8 Å². The summed E-state index contributed by atoms with van der Waals surface area (Å²) in [5.74, 6) is 0.423. The number of aromatic nitrogens is 2. The normalized spacial score (nSPS) is 11.7. The van der Waals surface area contributed by atoms with Gasteiger partial charge in [-0.25, -0.2) is 4.98 Å². The van der Waals surface area contributed by atoms with Crippen LogP contribution < -0.4 is 9.47 Å². The topological polar surface area (TPSA) is 92.4 Å². The Kier molecular flexibility index (Phi) is 7.46. The lowest BCUT2D eigenvalue weighted by atomic mass is 10.1. The average Bonchev–Trinajstić information content (AvgIpc) is 2.60. The van der Waals surface area contributed by atoms with Gasteiger partial charge in [0.1, 0.15) is 13.2 Å². The summed E-state index contributed by atoms with van der Waals surface area (Å²) in [6.07, 6.45) is 3.18. The summed E-state index contributed by atoms with van der Waals surface area (Å²) in [5.41, 5.74) is 1.60. The number of nitrogens with zero attached hydrogens (tertiary/aromatic N) is 2. The third kappa shape index (κ3) is 6.37. The Labute approximate surface area is 164 Å². The van der Waals surface area contributed by atoms with E-state index in [9.17, 15) is 13.6 Å². The molecule has 1 aromatic carbocycles. The fourth-order valence-electron chi connectivity index (χ4n) is 2.42. The van der Waals surface area contributed by atoms with Gasteiger partial charge in [0.05, 0.1) is 6.26 Å². The molecule has 0 amide bonds. The van der Waals surface area contributed by atoms with Crippen molar-refractivity contribution >= 4 is 21.9 Å². The van der Waals surface area contributed by atoms with Crippen molar-refractivity contribution in [2.24, 2.45) is 5.92 Å². The first-order valence-corrected chi connectivity index (χ1v) is 11.5. The molecule has 0 spiro atoms. The summed E-state index contributed by atoms with van der Waals surface area (Å²) in [4.78, 5) is 4.42. The summed E-state index contributed by atoms with van der Waals surface area (Å²) >= 11 is 1.19. The molecule has 27 heavy (non-hydrogen) atoms. The Morgan fingerprint density at radius 3 is 2.44 bits per heavy atom. The van der Waals surface area contributed by atoms with Crippen LogP contribution in [0.3, 0.4) is 0 Å². The summed E-state index contributed by atoms with van der Waals surface area (Å²) in [7, 11) is -3.66. The minimum Gasteiger partial charge on any atom is -0.618 e. The van der Waals surface area contributed by atoms with Gasteiger partial charge in [-0.3, -0.25) is 4.18 Å². The SMILES string of the molecule is CSc1c(COS(C)(=O)=O)nc(OCc2ccccc2)c(CC(C)C)[n+]1[O-]. The molecule has 0 saturated heterocycles. The molecule has 0 aliphatic heterocycles. The van der Waals surface area contributed by atoms with E-state index >= 15 is 0 Å². The third-order valence-electron chi connectivity index (χ3n) is 3.58. The highest BCUT2D eigenvalue weighted by molar-refractivity contribution is 7.98. The second kappa shape index (κ2) is 9.38. The maximum absolute atomic E-state index is 12.9. The first-order valence-electron chi connectivity index (χ1n) is 8.41. The Hall–Kier alpha value is -1.84. The molecule has 0 bridgehead atoms. The van der Waals surface area contributed by atoms with Crippen LogP contribution in [0.5, 0.6) is 5.88 Å². The van der Waals surface area contributed by atoms with Gasteiger partial charge in [-0.05, 0) is 17.7 Å². The van der Waals surface area contributed by atoms with Crippen LogP contribution in [-0.2, 0) is 33.9 Å². The van der Waals surface area contributed by atoms with Gasteiger partial charge in [-0.15, -0.1) is 0 Å². The van der Waals surface area contributed by atoms with Gasteiger partial charge >= 0.3 is 0 Å². The number of rotatable bonds is 9. The first-order chi connectivity index (χ1) is 12.7. The highest BCUT2D eigenvalue weighted by atomic mass is 32.2. The molecule has 0 N–H and O–H groups in total. The Balaban J connectivity index is 2.41. The van der Waals surface area contributed by atoms with Crippen molar-refractivity contribution in [1.82, 2.24) is 4.98 Å². The van der Waals surface area contributed by atoms with E-state index in [1.54, 1.807) is 6.26 Å². The summed E-state index contributed by atoms with van der Waals surface area (Å²) in [6.45, 7) is 3.94. The number of hydrogen-bond acceptors (Lipinski definition) is 7. The molecular formula is C18H24N2O5S2. The molecule has 9 heteroatoms. The van der Waals surface area contributed by atoms with Crippen LogP contribution in [-0.4, -0.2) is 25.9 Å². The van der Waals surface area contributed by atoms with Gasteiger partial charge < -0.3 is 9.94 Å². The van der Waals surface area contributed by atoms with E-state index in [4.69, 9.17) is 8.92 Å². The molecule has 0 radical (unpaired) electrons. The second-order valence-corrected chi connectivity index (χ2v) is 8.89. The lowest BCUT2D eigenvalue weighted by Gasteiger charge is -2.16. The van der Waals surface area contributed by atoms with Crippen LogP contribution in [0.15, 0.2) is 35.4 Å². The molecule has 2 aromatic rings. The molecule has 0 unspecified atom stereocenters. The van der Waals surface area contributed by atoms with Gasteiger partial charge in [-0.1, -0.05) is 55.9 Å². The number of ether oxygens (including phenoxy) is 1. The fraction of sp³-hybridized carbons (Fsp3) is 0.444. The predicted octanol–water partition coefficient (Wildman–Crippen LogP) is 2.69. The van der Waals surface area contributed by atoms with E-state index in [1.807, 2.05) is 44.2 Å². The molecule has 148 valence electrons. The zero-order valence-corrected chi connectivity index (χ0v) is 17.5. The van der Waals surface area contributed by atoms with Crippen molar-refractivity contribution in [3.05, 3.63) is 52.5 Å². The zero-order chi connectivity index (χ0) is 20.0. The van der Waals surface area contributed by atoms with Crippen LogP contribution in [0.25, 0.3) is 0 Å². The van der Waals surface area contributed by atoms with Crippen molar-refractivity contribution in [3.63, 3.8) is 0 Å². The average molecular weight is 413 g/mol. The van der Waals surface area contributed by atoms with Gasteiger partial charge in [0.2, 0.25) is 0 Å². The fourth-order valence-corrected chi connectivity index (χ4v) is 3.36. The number of hydrogen-bond donors (Lipinski definition) is 0. The molecule has 7 nitrogen and oxygen atoms in total. The molecular weight excluding hydrogens is 388 g/mol. The largest absolute Gasteiger partial charge is 0.618 e. The van der Waals surface area contributed by atoms with Gasteiger partial charge in [0, 0.05) is 6.42 Å². The van der Waals surface area contributed by atoms with Crippen molar-refractivity contribution < 1.29 is 22.1 Å². The van der Waals surface area contributed by atoms with Gasteiger partial charge in [-0.2, -0.15) is 13.1 Å². The number of thioether (sulfide) groups is 1. The Bertz CT molecular complexity index is 871. The third-order valence-corrected chi connectivity index (χ3v) is 4.92. The zero-order valence-electron chi connectivity index (χ0n) is 15.8. The highest BCUT2D eigenvalue weighted by Gasteiger charge is 2.26. The molecule has 1 heterocycles. The molecule has 0 aliphatic rings. The van der Waals surface area contributed by atoms with Crippen LogP contribution in [0.2, 0.25) is 0 Å². The maximum atomic E-state index is 12.9. The molecule has 0 saturated carbocycles. The van der Waals surface area contributed by atoms with E-state index in [0.29, 0.717) is 17.1 Å². The molecule has 0 atom stereocenters. The Morgan fingerprint density at radius 2 is 1.89 bits per heavy atom. The molecule has 1 aromatic heterocycles. The van der Waals surface area contributed by atoms with Gasteiger partial charge in [0.25, 0.3) is 26.7 Å². The minimum absolute atomic E-state index is 0.201. The van der Waals surface area contributed by atoms with E-state index in [-0.39, 0.29) is 30.7 Å². The molecule has 0 fully saturated rings. The van der Waals surface area contributed by atoms with Crippen LogP contribution >= 0.6 is 11.8 Å². The Morgan fingerprint density at radius 1 is 1.22 bits per heavy atom. The highest BCUT2D eigenvalue weighted by Crippen LogP contribution is 2.24. The molecule has 0 aliphatic carbocycles. The lowest BCUT2D eigenvalue weighted by molar-refractivity contribution is -0.655. The van der Waals surface area contributed by atoms with Crippen molar-refractivity contribution in [2.45, 2.75) is 38.5 Å². The monoisotopic (exact) mass is 412 g/mol. The smallest absolute Gasteiger partial charge is 0.285 e. The van der Waals surface area contributed by atoms with E-state index in [2.05, 4.69) is 4.98 Å². The standard InChI is InChI=1S/C18H24N2O5S2/c1-13(2)10-16-17(24-11-14-8-6-5-7-9-14)19-15(12-25-27(4,22)23)18(26-3)20(16)21/h5-9,13H,10-12H2,1-4H3. The molecule has 2 rings (SSSR count). The maximum Gasteiger partial charge on any atom is 0.285 e. The summed E-state index contributed by atoms with van der Waals surface area (Å²) in [5, 5.41) is 13.2. The first kappa shape index (κ1) is 21.5. The van der Waals surface area contributed by atoms with Crippen LogP contribution in [0.1, 0.15) is 30.8 Å². The van der Waals surface area contributed by atoms with Crippen molar-refractivity contribution in [1.29, 1.82) is 0 Å². The number of benzene rings is 1. The summed E-state index contributed by atoms with van der Waals surface area (Å²) < 4.78 is 34.1. The van der Waals surface area contributed by atoms with E-state index < -0.39 is 10.1 Å². The quantitative estimate of drug-likeness (QED) is 0.271. The van der Waals surface area contributed by atoms with Gasteiger partial charge in [0.15, 0.2) is 5.69 Å². The second-order valence-electron chi connectivity index (χ2n) is 6.45. The van der Waals surface area contributed by atoms with Crippen molar-refractivity contribution in [3.8, 4) is 5.88 Å². The summed E-state index contributed by atoms with van der Waals surface area (Å²) in [6, 6.07) is 9.54. The van der Waals surface area contributed by atoms with Crippen LogP contribution in [0.4, 0.5) is 0 Å². The van der Waals surface area contributed by atoms with Crippen LogP contribution in [0, 0.1) is 11.1 Å². The predicted molar refractivity (Wildman–Crippen MR) is 104 cm³/mol. The van der Waals surface area contributed by atoms with E-state index in [0.717, 1.165) is 16.5 Å².